The molecule has 1 amide bonds. The second-order valence-electron chi connectivity index (χ2n) is 5.14. The standard InChI is InChI=1S/C14H13Br2ClN4O3/c1-6-12(17)7(2)20(19-6)8(3)14(22)18-13-10(15)4-9(21(23)24)5-11(13)16/h4-5,8H,1-3H3,(H,18,22). The zero-order valence-electron chi connectivity index (χ0n) is 12.9. The van der Waals surface area contributed by atoms with E-state index in [2.05, 4.69) is 42.3 Å². The first kappa shape index (κ1) is 18.9. The predicted molar refractivity (Wildman–Crippen MR) is 98.5 cm³/mol. The smallest absolute Gasteiger partial charge is 0.271 e. The average Bonchev–Trinajstić information content (AvgIpc) is 2.77. The van der Waals surface area contributed by atoms with Crippen LogP contribution in [0, 0.1) is 24.0 Å². The third-order valence-electron chi connectivity index (χ3n) is 3.47. The molecule has 2 aromatic rings. The maximum Gasteiger partial charge on any atom is 0.271 e. The highest BCUT2D eigenvalue weighted by atomic mass is 79.9. The van der Waals surface area contributed by atoms with Crippen LogP contribution in [0.2, 0.25) is 5.02 Å². The Morgan fingerprint density at radius 1 is 1.38 bits per heavy atom. The molecule has 24 heavy (non-hydrogen) atoms. The number of aromatic nitrogens is 2. The lowest BCUT2D eigenvalue weighted by Gasteiger charge is -2.16. The molecule has 0 aliphatic heterocycles. The quantitative estimate of drug-likeness (QED) is 0.503. The summed E-state index contributed by atoms with van der Waals surface area (Å²) >= 11 is 12.6. The van der Waals surface area contributed by atoms with Gasteiger partial charge in [0, 0.05) is 21.1 Å². The molecule has 0 aliphatic rings. The maximum absolute atomic E-state index is 12.5. The van der Waals surface area contributed by atoms with Gasteiger partial charge in [-0.25, -0.2) is 0 Å². The van der Waals surface area contributed by atoms with Crippen LogP contribution in [0.4, 0.5) is 11.4 Å². The lowest BCUT2D eigenvalue weighted by Crippen LogP contribution is -2.25. The Bertz CT molecular complexity index is 815. The number of aryl methyl sites for hydroxylation is 1. The molecule has 2 rings (SSSR count). The molecule has 0 radical (unpaired) electrons. The lowest BCUT2D eigenvalue weighted by molar-refractivity contribution is -0.385. The Kier molecular flexibility index (Phi) is 5.67. The van der Waals surface area contributed by atoms with Gasteiger partial charge in [0.25, 0.3) is 5.69 Å². The molecular weight excluding hydrogens is 467 g/mol. The largest absolute Gasteiger partial charge is 0.322 e. The fourth-order valence-corrected chi connectivity index (χ4v) is 3.63. The Balaban J connectivity index is 2.29. The van der Waals surface area contributed by atoms with Crippen molar-refractivity contribution in [1.29, 1.82) is 0 Å². The molecule has 10 heteroatoms. The minimum absolute atomic E-state index is 0.0925. The topological polar surface area (TPSA) is 90.1 Å². The summed E-state index contributed by atoms with van der Waals surface area (Å²) in [4.78, 5) is 22.9. The van der Waals surface area contributed by atoms with E-state index in [4.69, 9.17) is 11.6 Å². The van der Waals surface area contributed by atoms with Crippen molar-refractivity contribution >= 4 is 60.7 Å². The number of nitro groups is 1. The molecule has 1 unspecified atom stereocenters. The Labute approximate surface area is 159 Å². The number of halogens is 3. The van der Waals surface area contributed by atoms with Gasteiger partial charge < -0.3 is 5.32 Å². The van der Waals surface area contributed by atoms with Crippen LogP contribution in [-0.4, -0.2) is 20.6 Å². The fraction of sp³-hybridized carbons (Fsp3) is 0.286. The van der Waals surface area contributed by atoms with Gasteiger partial charge in [-0.2, -0.15) is 5.10 Å². The summed E-state index contributed by atoms with van der Waals surface area (Å²) in [5.74, 6) is -0.326. The van der Waals surface area contributed by atoms with Gasteiger partial charge >= 0.3 is 0 Å². The summed E-state index contributed by atoms with van der Waals surface area (Å²) in [6.07, 6.45) is 0. The van der Waals surface area contributed by atoms with Gasteiger partial charge in [-0.15, -0.1) is 0 Å². The molecule has 1 atom stereocenters. The van der Waals surface area contributed by atoms with E-state index in [0.29, 0.717) is 31.0 Å². The maximum atomic E-state index is 12.5. The number of carbonyl (C=O) groups is 1. The van der Waals surface area contributed by atoms with Crippen LogP contribution in [0.25, 0.3) is 0 Å². The van der Waals surface area contributed by atoms with E-state index in [1.54, 1.807) is 25.5 Å². The first-order chi connectivity index (χ1) is 11.1. The van der Waals surface area contributed by atoms with Crippen LogP contribution in [-0.2, 0) is 4.79 Å². The summed E-state index contributed by atoms with van der Waals surface area (Å²) < 4.78 is 2.34. The fourth-order valence-electron chi connectivity index (χ4n) is 2.14. The van der Waals surface area contributed by atoms with E-state index >= 15 is 0 Å². The number of benzene rings is 1. The van der Waals surface area contributed by atoms with Gasteiger partial charge in [-0.1, -0.05) is 11.6 Å². The number of hydrogen-bond acceptors (Lipinski definition) is 4. The second-order valence-corrected chi connectivity index (χ2v) is 7.22. The van der Waals surface area contributed by atoms with Crippen LogP contribution < -0.4 is 5.32 Å². The average molecular weight is 481 g/mol. The van der Waals surface area contributed by atoms with E-state index < -0.39 is 11.0 Å². The molecule has 128 valence electrons. The van der Waals surface area contributed by atoms with Crippen molar-refractivity contribution in [3.05, 3.63) is 47.6 Å². The van der Waals surface area contributed by atoms with Gasteiger partial charge in [0.15, 0.2) is 0 Å². The number of carbonyl (C=O) groups excluding carboxylic acids is 1. The highest BCUT2D eigenvalue weighted by molar-refractivity contribution is 9.11. The lowest BCUT2D eigenvalue weighted by atomic mass is 10.2. The summed E-state index contributed by atoms with van der Waals surface area (Å²) in [6.45, 7) is 5.24. The van der Waals surface area contributed by atoms with Crippen molar-refractivity contribution in [2.75, 3.05) is 5.32 Å². The van der Waals surface area contributed by atoms with Gasteiger partial charge in [0.05, 0.1) is 27.0 Å². The summed E-state index contributed by atoms with van der Waals surface area (Å²) in [5, 5.41) is 18.4. The number of amides is 1. The van der Waals surface area contributed by atoms with Crippen molar-refractivity contribution in [3.8, 4) is 0 Å². The number of rotatable bonds is 4. The van der Waals surface area contributed by atoms with Crippen LogP contribution in [0.5, 0.6) is 0 Å². The normalized spacial score (nSPS) is 12.1. The monoisotopic (exact) mass is 478 g/mol. The van der Waals surface area contributed by atoms with Gasteiger partial charge in [0.1, 0.15) is 6.04 Å². The molecule has 1 aromatic carbocycles. The Hall–Kier alpha value is -1.45. The van der Waals surface area contributed by atoms with Crippen molar-refractivity contribution in [3.63, 3.8) is 0 Å². The van der Waals surface area contributed by atoms with Crippen molar-refractivity contribution in [2.24, 2.45) is 0 Å². The van der Waals surface area contributed by atoms with Crippen LogP contribution >= 0.6 is 43.5 Å². The number of nitro benzene ring substituents is 1. The highest BCUT2D eigenvalue weighted by Gasteiger charge is 2.23. The number of hydrogen-bond donors (Lipinski definition) is 1. The number of nitrogens with zero attached hydrogens (tertiary/aromatic N) is 3. The predicted octanol–water partition coefficient (Wildman–Crippen LogP) is 4.79. The van der Waals surface area contributed by atoms with Crippen LogP contribution in [0.1, 0.15) is 24.4 Å². The molecule has 0 saturated heterocycles. The molecule has 0 bridgehead atoms. The molecule has 1 heterocycles. The summed E-state index contributed by atoms with van der Waals surface area (Å²) in [5.41, 5.74) is 1.65. The third-order valence-corrected chi connectivity index (χ3v) is 5.27. The van der Waals surface area contributed by atoms with Crippen molar-refractivity contribution in [1.82, 2.24) is 9.78 Å². The molecule has 1 N–H and O–H groups in total. The Morgan fingerprint density at radius 2 is 1.92 bits per heavy atom. The van der Waals surface area contributed by atoms with Gasteiger partial charge in [0.2, 0.25) is 5.91 Å². The molecule has 0 fully saturated rings. The SMILES string of the molecule is Cc1nn(C(C)C(=O)Nc2c(Br)cc([N+](=O)[O-])cc2Br)c(C)c1Cl. The first-order valence-electron chi connectivity index (χ1n) is 6.79. The van der Waals surface area contributed by atoms with E-state index in [0.717, 1.165) is 0 Å². The van der Waals surface area contributed by atoms with E-state index in [-0.39, 0.29) is 11.6 Å². The van der Waals surface area contributed by atoms with E-state index in [9.17, 15) is 14.9 Å². The number of non-ortho nitro benzene ring substituents is 1. The second kappa shape index (κ2) is 7.20. The highest BCUT2D eigenvalue weighted by Crippen LogP contribution is 2.35. The summed E-state index contributed by atoms with van der Waals surface area (Å²) in [7, 11) is 0. The molecule has 1 aromatic heterocycles. The van der Waals surface area contributed by atoms with Crippen molar-refractivity contribution in [2.45, 2.75) is 26.8 Å². The molecule has 0 aliphatic carbocycles. The minimum Gasteiger partial charge on any atom is -0.322 e. The van der Waals surface area contributed by atoms with Crippen LogP contribution in [0.15, 0.2) is 21.1 Å². The van der Waals surface area contributed by atoms with Crippen LogP contribution in [0.3, 0.4) is 0 Å². The zero-order valence-corrected chi connectivity index (χ0v) is 16.9. The first-order valence-corrected chi connectivity index (χ1v) is 8.75. The number of nitrogens with one attached hydrogen (secondary N) is 1. The molecular formula is C14H13Br2ClN4O3. The molecule has 0 spiro atoms. The van der Waals surface area contributed by atoms with Gasteiger partial charge in [-0.05, 0) is 52.6 Å². The minimum atomic E-state index is -0.606. The van der Waals surface area contributed by atoms with Gasteiger partial charge in [-0.3, -0.25) is 19.6 Å². The summed E-state index contributed by atoms with van der Waals surface area (Å²) in [6, 6.07) is 2.04. The van der Waals surface area contributed by atoms with Crippen molar-refractivity contribution < 1.29 is 9.72 Å². The zero-order chi connectivity index (χ0) is 18.2. The number of anilines is 1. The van der Waals surface area contributed by atoms with E-state index in [1.165, 1.54) is 12.1 Å². The molecule has 0 saturated carbocycles. The Morgan fingerprint density at radius 3 is 2.33 bits per heavy atom. The van der Waals surface area contributed by atoms with E-state index in [1.807, 2.05) is 0 Å². The third kappa shape index (κ3) is 3.62. The molecule has 7 nitrogen and oxygen atoms in total.